The SMILES string of the molecule is [Ir+3].[c-]1cc(-n2ccnc2-c2cc(-c3ccccc3-c3c[c-]c(-c4cc(-c5ccc(-c6ccccc6)cc5)ccn4)cc3)cc(-c3nccn3-c3c[c-]c(-c4ccccn4)cc3)c2)ccc1-c1ccccn1. The quantitative estimate of drug-likeness (QED) is 0.121. The van der Waals surface area contributed by atoms with Crippen molar-refractivity contribution in [1.82, 2.24) is 34.1 Å². The van der Waals surface area contributed by atoms with Crippen LogP contribution < -0.4 is 0 Å². The third-order valence-electron chi connectivity index (χ3n) is 12.5. The normalized spacial score (nSPS) is 11.0. The Bertz CT molecular complexity index is 3580. The second-order valence-corrected chi connectivity index (χ2v) is 16.8. The zero-order chi connectivity index (χ0) is 46.6. The van der Waals surface area contributed by atoms with Gasteiger partial charge in [0.1, 0.15) is 11.6 Å². The van der Waals surface area contributed by atoms with Crippen molar-refractivity contribution in [3.05, 3.63) is 262 Å². The fourth-order valence-corrected chi connectivity index (χ4v) is 8.97. The summed E-state index contributed by atoms with van der Waals surface area (Å²) in [6, 6.07) is 79.3. The Hall–Kier alpha value is -8.94. The number of imidazole rings is 2. The van der Waals surface area contributed by atoms with Gasteiger partial charge in [-0.05, 0) is 98.2 Å². The van der Waals surface area contributed by atoms with Crippen LogP contribution in [0.4, 0.5) is 0 Å². The largest absolute Gasteiger partial charge is 3.00 e. The van der Waals surface area contributed by atoms with E-state index in [1.165, 1.54) is 11.1 Å². The molecule has 0 aliphatic carbocycles. The summed E-state index contributed by atoms with van der Waals surface area (Å²) in [5.41, 5.74) is 17.9. The van der Waals surface area contributed by atoms with E-state index in [9.17, 15) is 0 Å². The Morgan fingerprint density at radius 2 is 0.761 bits per heavy atom. The second-order valence-electron chi connectivity index (χ2n) is 16.8. The van der Waals surface area contributed by atoms with E-state index in [1.54, 1.807) is 12.4 Å². The fourth-order valence-electron chi connectivity index (χ4n) is 8.97. The second kappa shape index (κ2) is 20.0. The summed E-state index contributed by atoms with van der Waals surface area (Å²) in [5, 5.41) is 0. The molecular formula is C63H40IrN7. The minimum absolute atomic E-state index is 0. The summed E-state index contributed by atoms with van der Waals surface area (Å²) >= 11 is 0. The van der Waals surface area contributed by atoms with Gasteiger partial charge in [-0.15, -0.1) is 89.5 Å². The fraction of sp³-hybridized carbons (Fsp3) is 0. The summed E-state index contributed by atoms with van der Waals surface area (Å²) in [5.74, 6) is 1.57. The van der Waals surface area contributed by atoms with Crippen LogP contribution in [0.2, 0.25) is 0 Å². The molecule has 0 saturated carbocycles. The number of hydrogen-bond donors (Lipinski definition) is 0. The van der Waals surface area contributed by atoms with E-state index in [4.69, 9.17) is 15.0 Å². The third kappa shape index (κ3) is 9.21. The molecular weight excluding hydrogens is 1050 g/mol. The molecule has 5 aromatic heterocycles. The maximum atomic E-state index is 4.97. The van der Waals surface area contributed by atoms with Gasteiger partial charge in [0.15, 0.2) is 0 Å². The Balaban J connectivity index is 0.00000547. The smallest absolute Gasteiger partial charge is 0.341 e. The maximum absolute atomic E-state index is 4.97. The van der Waals surface area contributed by atoms with Crippen LogP contribution >= 0.6 is 0 Å². The first-order valence-corrected chi connectivity index (χ1v) is 23.0. The van der Waals surface area contributed by atoms with Gasteiger partial charge in [-0.1, -0.05) is 120 Å². The van der Waals surface area contributed by atoms with Gasteiger partial charge < -0.3 is 24.1 Å². The van der Waals surface area contributed by atoms with Crippen LogP contribution in [0.15, 0.2) is 244 Å². The van der Waals surface area contributed by atoms with Crippen molar-refractivity contribution >= 4 is 0 Å². The van der Waals surface area contributed by atoms with Gasteiger partial charge in [0.05, 0.1) is 0 Å². The molecule has 0 radical (unpaired) electrons. The minimum Gasteiger partial charge on any atom is -0.341 e. The summed E-state index contributed by atoms with van der Waals surface area (Å²) in [4.78, 5) is 23.8. The number of pyridine rings is 3. The molecule has 0 aliphatic heterocycles. The van der Waals surface area contributed by atoms with Crippen molar-refractivity contribution in [1.29, 1.82) is 0 Å². The molecule has 7 nitrogen and oxygen atoms in total. The molecule has 0 aliphatic rings. The molecule has 12 aromatic rings. The van der Waals surface area contributed by atoms with Crippen molar-refractivity contribution in [2.24, 2.45) is 0 Å². The van der Waals surface area contributed by atoms with Crippen LogP contribution in [0, 0.1) is 18.2 Å². The van der Waals surface area contributed by atoms with E-state index >= 15 is 0 Å². The molecule has 0 spiro atoms. The molecule has 0 amide bonds. The summed E-state index contributed by atoms with van der Waals surface area (Å²) in [6.07, 6.45) is 13.1. The van der Waals surface area contributed by atoms with Crippen LogP contribution in [0.3, 0.4) is 0 Å². The van der Waals surface area contributed by atoms with Crippen LogP contribution in [0.5, 0.6) is 0 Å². The Morgan fingerprint density at radius 3 is 1.30 bits per heavy atom. The summed E-state index contributed by atoms with van der Waals surface area (Å²) in [6.45, 7) is 0. The monoisotopic (exact) mass is 1090 g/mol. The van der Waals surface area contributed by atoms with Crippen LogP contribution in [0.1, 0.15) is 0 Å². The van der Waals surface area contributed by atoms with Crippen LogP contribution in [-0.2, 0) is 20.1 Å². The number of hydrogen-bond acceptors (Lipinski definition) is 5. The van der Waals surface area contributed by atoms with Gasteiger partial charge in [0.2, 0.25) is 0 Å². The minimum atomic E-state index is 0. The molecule has 12 rings (SSSR count). The molecule has 0 bridgehead atoms. The van der Waals surface area contributed by atoms with Gasteiger partial charge >= 0.3 is 20.1 Å². The van der Waals surface area contributed by atoms with Crippen molar-refractivity contribution < 1.29 is 20.1 Å². The standard InChI is InChI=1S/C63H40N7.Ir/c1-2-10-44(11-3-1)45-16-18-46(19-17-45)51-32-35-66-61(43-51)50-22-20-47(21-23-50)57-12-4-5-13-58(57)52-40-53(62-67-36-38-69(62)55-28-24-48(25-29-55)59-14-6-8-33-64-59)42-54(41-52)63-68-37-39-70(63)56-30-26-49(27-31-56)60-15-7-9-34-65-60;/h1-22,24,26,28-43H;/q-3;+3. The van der Waals surface area contributed by atoms with Crippen molar-refractivity contribution in [3.8, 4) is 112 Å². The molecule has 0 saturated heterocycles. The van der Waals surface area contributed by atoms with Crippen molar-refractivity contribution in [3.63, 3.8) is 0 Å². The van der Waals surface area contributed by atoms with E-state index in [-0.39, 0.29) is 20.1 Å². The molecule has 8 heteroatoms. The number of aromatic nitrogens is 7. The zero-order valence-electron chi connectivity index (χ0n) is 38.1. The van der Waals surface area contributed by atoms with E-state index < -0.39 is 0 Å². The first kappa shape index (κ1) is 44.6. The molecule has 5 heterocycles. The zero-order valence-corrected chi connectivity index (χ0v) is 40.5. The van der Waals surface area contributed by atoms with Crippen molar-refractivity contribution in [2.75, 3.05) is 0 Å². The molecule has 0 atom stereocenters. The van der Waals surface area contributed by atoms with Gasteiger partial charge in [0.25, 0.3) is 0 Å². The molecule has 0 N–H and O–H groups in total. The van der Waals surface area contributed by atoms with Crippen molar-refractivity contribution in [2.45, 2.75) is 0 Å². The van der Waals surface area contributed by atoms with Crippen LogP contribution in [0.25, 0.3) is 112 Å². The van der Waals surface area contributed by atoms with Gasteiger partial charge in [-0.25, -0.2) is 9.97 Å². The molecule has 71 heavy (non-hydrogen) atoms. The predicted octanol–water partition coefficient (Wildman–Crippen LogP) is 14.6. The Kier molecular flexibility index (Phi) is 12.5. The summed E-state index contributed by atoms with van der Waals surface area (Å²) in [7, 11) is 0. The molecule has 0 unspecified atom stereocenters. The average molecular weight is 1090 g/mol. The third-order valence-corrected chi connectivity index (χ3v) is 12.5. The Labute approximate surface area is 425 Å². The van der Waals surface area contributed by atoms with Crippen LogP contribution in [-0.4, -0.2) is 34.1 Å². The number of benzene rings is 7. The molecule has 336 valence electrons. The molecule has 0 fully saturated rings. The van der Waals surface area contributed by atoms with E-state index in [0.717, 1.165) is 101 Å². The number of nitrogens with zero attached hydrogens (tertiary/aromatic N) is 7. The maximum Gasteiger partial charge on any atom is 3.00 e. The first-order valence-electron chi connectivity index (χ1n) is 23.0. The topological polar surface area (TPSA) is 74.3 Å². The van der Waals surface area contributed by atoms with E-state index in [2.05, 4.69) is 171 Å². The van der Waals surface area contributed by atoms with Gasteiger partial charge in [0, 0.05) is 54.5 Å². The van der Waals surface area contributed by atoms with E-state index in [1.807, 2.05) is 97.7 Å². The predicted molar refractivity (Wildman–Crippen MR) is 280 cm³/mol. The Morgan fingerprint density at radius 1 is 0.296 bits per heavy atom. The van der Waals surface area contributed by atoms with Gasteiger partial charge in [-0.3, -0.25) is 0 Å². The van der Waals surface area contributed by atoms with E-state index in [0.29, 0.717) is 0 Å². The average Bonchev–Trinajstić information content (AvgIpc) is 4.16. The summed E-state index contributed by atoms with van der Waals surface area (Å²) < 4.78 is 4.20. The molecule has 7 aromatic carbocycles. The first-order chi connectivity index (χ1) is 34.7. The number of rotatable bonds is 11. The van der Waals surface area contributed by atoms with Gasteiger partial charge in [-0.2, -0.15) is 0 Å².